The van der Waals surface area contributed by atoms with E-state index < -0.39 is 0 Å². The quantitative estimate of drug-likeness (QED) is 0.939. The molecular formula is C16H19N3O2. The molecule has 0 atom stereocenters. The molecule has 5 heteroatoms. The van der Waals surface area contributed by atoms with E-state index >= 15 is 0 Å². The third-order valence-corrected chi connectivity index (χ3v) is 3.66. The van der Waals surface area contributed by atoms with Crippen molar-refractivity contribution in [1.82, 2.24) is 9.97 Å². The van der Waals surface area contributed by atoms with E-state index in [1.807, 2.05) is 32.2 Å². The van der Waals surface area contributed by atoms with Crippen molar-refractivity contribution in [2.24, 2.45) is 0 Å². The Labute approximate surface area is 124 Å². The molecule has 1 aromatic carbocycles. The molecular weight excluding hydrogens is 266 g/mol. The number of nitrogens with one attached hydrogen (secondary N) is 1. The summed E-state index contributed by atoms with van der Waals surface area (Å²) in [6.07, 6.45) is 0.813. The lowest BCUT2D eigenvalue weighted by molar-refractivity contribution is 0.109. The van der Waals surface area contributed by atoms with Crippen LogP contribution < -0.4 is 10.1 Å². The summed E-state index contributed by atoms with van der Waals surface area (Å²) in [5.74, 6) is 2.32. The van der Waals surface area contributed by atoms with Gasteiger partial charge in [-0.05, 0) is 24.6 Å². The summed E-state index contributed by atoms with van der Waals surface area (Å²) in [6, 6.07) is 6.05. The number of hydrogen-bond donors (Lipinski definition) is 1. The lowest BCUT2D eigenvalue weighted by atomic mass is 10.1. The van der Waals surface area contributed by atoms with Crippen molar-refractivity contribution in [2.75, 3.05) is 26.1 Å². The number of rotatable bonds is 3. The Hall–Kier alpha value is -2.14. The van der Waals surface area contributed by atoms with E-state index in [1.165, 1.54) is 0 Å². The molecule has 0 aliphatic carbocycles. The normalized spacial score (nSPS) is 13.7. The molecule has 5 nitrogen and oxygen atoms in total. The number of methoxy groups -OCH3 is 1. The lowest BCUT2D eigenvalue weighted by Crippen LogP contribution is -2.16. The number of benzene rings is 1. The Balaban J connectivity index is 2.15. The van der Waals surface area contributed by atoms with Crippen molar-refractivity contribution in [3.63, 3.8) is 0 Å². The van der Waals surface area contributed by atoms with Crippen LogP contribution in [-0.2, 0) is 17.8 Å². The van der Waals surface area contributed by atoms with Crippen molar-refractivity contribution in [1.29, 1.82) is 0 Å². The van der Waals surface area contributed by atoms with Gasteiger partial charge in [-0.1, -0.05) is 6.07 Å². The summed E-state index contributed by atoms with van der Waals surface area (Å²) in [5.41, 5.74) is 4.17. The van der Waals surface area contributed by atoms with Gasteiger partial charge in [0, 0.05) is 19.0 Å². The highest BCUT2D eigenvalue weighted by atomic mass is 16.5. The van der Waals surface area contributed by atoms with Gasteiger partial charge in [0.05, 0.1) is 31.6 Å². The molecule has 0 amide bonds. The number of aryl methyl sites for hydroxylation is 1. The molecule has 21 heavy (non-hydrogen) atoms. The second kappa shape index (κ2) is 5.69. The van der Waals surface area contributed by atoms with Crippen molar-refractivity contribution < 1.29 is 9.47 Å². The third kappa shape index (κ3) is 2.56. The van der Waals surface area contributed by atoms with Crippen molar-refractivity contribution >= 4 is 5.82 Å². The van der Waals surface area contributed by atoms with Gasteiger partial charge < -0.3 is 14.8 Å². The predicted molar refractivity (Wildman–Crippen MR) is 81.7 cm³/mol. The highest BCUT2D eigenvalue weighted by molar-refractivity contribution is 5.67. The van der Waals surface area contributed by atoms with Gasteiger partial charge in [0.1, 0.15) is 11.6 Å². The predicted octanol–water partition coefficient (Wildman–Crippen LogP) is 2.58. The minimum atomic E-state index is 0.566. The van der Waals surface area contributed by atoms with Crippen LogP contribution in [-0.4, -0.2) is 30.7 Å². The zero-order valence-electron chi connectivity index (χ0n) is 12.6. The van der Waals surface area contributed by atoms with Crippen LogP contribution in [0.25, 0.3) is 11.4 Å². The molecule has 1 aliphatic heterocycles. The lowest BCUT2D eigenvalue weighted by Gasteiger charge is -2.19. The zero-order valence-corrected chi connectivity index (χ0v) is 12.6. The van der Waals surface area contributed by atoms with Crippen LogP contribution in [0, 0.1) is 6.92 Å². The number of hydrogen-bond acceptors (Lipinski definition) is 5. The second-order valence-electron chi connectivity index (χ2n) is 5.08. The first-order chi connectivity index (χ1) is 10.2. The van der Waals surface area contributed by atoms with Crippen molar-refractivity contribution in [3.05, 3.63) is 35.0 Å². The number of nitrogens with zero attached hydrogens (tertiary/aromatic N) is 2. The maximum absolute atomic E-state index is 5.50. The first kappa shape index (κ1) is 13.8. The van der Waals surface area contributed by atoms with Gasteiger partial charge >= 0.3 is 0 Å². The highest BCUT2D eigenvalue weighted by Gasteiger charge is 2.19. The summed E-state index contributed by atoms with van der Waals surface area (Å²) < 4.78 is 11.0. The Kier molecular flexibility index (Phi) is 3.75. The first-order valence-corrected chi connectivity index (χ1v) is 7.03. The maximum Gasteiger partial charge on any atom is 0.165 e. The second-order valence-corrected chi connectivity index (χ2v) is 5.08. The van der Waals surface area contributed by atoms with E-state index in [0.29, 0.717) is 19.0 Å². The monoisotopic (exact) mass is 285 g/mol. The SMILES string of the molecule is CNc1nc(-c2ccc(C)cc2OC)nc2c1COCC2. The Morgan fingerprint density at radius 3 is 2.90 bits per heavy atom. The van der Waals surface area contributed by atoms with Crippen molar-refractivity contribution in [2.45, 2.75) is 20.0 Å². The van der Waals surface area contributed by atoms with Crippen LogP contribution in [0.2, 0.25) is 0 Å². The van der Waals surface area contributed by atoms with Crippen LogP contribution in [0.3, 0.4) is 0 Å². The van der Waals surface area contributed by atoms with Gasteiger partial charge in [-0.15, -0.1) is 0 Å². The Bertz CT molecular complexity index is 654. The molecule has 0 fully saturated rings. The standard InChI is InChI=1S/C16H19N3O2/c1-10-4-5-11(14(8-10)20-3)16-18-13-6-7-21-9-12(13)15(17-2)19-16/h4-5,8H,6-7,9H2,1-3H3,(H,17,18,19). The number of anilines is 1. The van der Waals surface area contributed by atoms with Gasteiger partial charge in [-0.25, -0.2) is 9.97 Å². The van der Waals surface area contributed by atoms with Gasteiger partial charge in [0.15, 0.2) is 5.82 Å². The van der Waals surface area contributed by atoms with Gasteiger partial charge in [-0.2, -0.15) is 0 Å². The summed E-state index contributed by atoms with van der Waals surface area (Å²) in [5, 5.41) is 3.14. The summed E-state index contributed by atoms with van der Waals surface area (Å²) >= 11 is 0. The molecule has 2 heterocycles. The van der Waals surface area contributed by atoms with E-state index in [2.05, 4.69) is 10.3 Å². The number of ether oxygens (including phenoxy) is 2. The van der Waals surface area contributed by atoms with E-state index in [9.17, 15) is 0 Å². The van der Waals surface area contributed by atoms with E-state index in [4.69, 9.17) is 14.5 Å². The average molecular weight is 285 g/mol. The van der Waals surface area contributed by atoms with E-state index in [1.54, 1.807) is 7.11 Å². The van der Waals surface area contributed by atoms with Gasteiger partial charge in [-0.3, -0.25) is 0 Å². The van der Waals surface area contributed by atoms with Crippen molar-refractivity contribution in [3.8, 4) is 17.1 Å². The molecule has 1 aliphatic rings. The molecule has 0 radical (unpaired) electrons. The fourth-order valence-electron chi connectivity index (χ4n) is 2.54. The molecule has 0 bridgehead atoms. The largest absolute Gasteiger partial charge is 0.496 e. The van der Waals surface area contributed by atoms with E-state index in [-0.39, 0.29) is 0 Å². The van der Waals surface area contributed by atoms with E-state index in [0.717, 1.165) is 40.4 Å². The first-order valence-electron chi connectivity index (χ1n) is 7.03. The molecule has 0 saturated heterocycles. The average Bonchev–Trinajstić information content (AvgIpc) is 2.53. The summed E-state index contributed by atoms with van der Waals surface area (Å²) in [7, 11) is 3.54. The molecule has 3 rings (SSSR count). The maximum atomic E-state index is 5.50. The Morgan fingerprint density at radius 1 is 1.29 bits per heavy atom. The highest BCUT2D eigenvalue weighted by Crippen LogP contribution is 2.31. The fraction of sp³-hybridized carbons (Fsp3) is 0.375. The molecule has 0 spiro atoms. The minimum Gasteiger partial charge on any atom is -0.496 e. The molecule has 1 aromatic heterocycles. The minimum absolute atomic E-state index is 0.566. The summed E-state index contributed by atoms with van der Waals surface area (Å²) in [4.78, 5) is 9.35. The molecule has 2 aromatic rings. The smallest absolute Gasteiger partial charge is 0.165 e. The summed E-state index contributed by atoms with van der Waals surface area (Å²) in [6.45, 7) is 3.31. The molecule has 0 saturated carbocycles. The number of aromatic nitrogens is 2. The van der Waals surface area contributed by atoms with Crippen LogP contribution in [0.1, 0.15) is 16.8 Å². The fourth-order valence-corrected chi connectivity index (χ4v) is 2.54. The molecule has 110 valence electrons. The zero-order chi connectivity index (χ0) is 14.8. The number of fused-ring (bicyclic) bond motifs is 1. The van der Waals surface area contributed by atoms with Crippen LogP contribution in [0.4, 0.5) is 5.82 Å². The van der Waals surface area contributed by atoms with Gasteiger partial charge in [0.25, 0.3) is 0 Å². The van der Waals surface area contributed by atoms with Crippen LogP contribution >= 0.6 is 0 Å². The molecule has 1 N–H and O–H groups in total. The van der Waals surface area contributed by atoms with Crippen LogP contribution in [0.5, 0.6) is 5.75 Å². The topological polar surface area (TPSA) is 56.3 Å². The Morgan fingerprint density at radius 2 is 2.14 bits per heavy atom. The third-order valence-electron chi connectivity index (χ3n) is 3.66. The molecule has 0 unspecified atom stereocenters. The van der Waals surface area contributed by atoms with Crippen LogP contribution in [0.15, 0.2) is 18.2 Å². The van der Waals surface area contributed by atoms with Gasteiger partial charge in [0.2, 0.25) is 0 Å².